The zero-order valence-corrected chi connectivity index (χ0v) is 82.2. The lowest BCUT2D eigenvalue weighted by Gasteiger charge is -2.46. The summed E-state index contributed by atoms with van der Waals surface area (Å²) in [5.74, 6) is 0. The van der Waals surface area contributed by atoms with E-state index in [0.29, 0.717) is 5.69 Å². The third kappa shape index (κ3) is 15.7. The number of rotatable bonds is 9. The van der Waals surface area contributed by atoms with Crippen molar-refractivity contribution in [2.45, 2.75) is 262 Å². The SMILES string of the molecule is [2H]c1c([2H])c([2H])c2c(c1[2H])c1c([2H])c([2H])c([2H])c([2H])c1n2-c1ccc2c(c1)N(c1c(-c3ccc(C(C)(C)C)cc3)cccc1-c1ccc(C(C)(C)C)cc1C(C)(C)C)c1cc(-n3c4ccc(C(C)(C)C)cc4c4cc(C(C)(C)C)ccc43)cc3c1B2c1ccc(-c2cc(C(C)(C)C)cc(C(C)(C)C)c2)cc1N3c1c(-c2ccc(C(C)(C)C)cc2)cccc1-c1cc(C(C)(C)C)cc(C(C)(C)C)c1. The molecule has 0 bridgehead atoms. The smallest absolute Gasteiger partial charge is 0.252 e. The highest BCUT2D eigenvalue weighted by Gasteiger charge is 2.47. The zero-order valence-electron chi connectivity index (χ0n) is 90.2. The third-order valence-corrected chi connectivity index (χ3v) is 27.7. The first-order valence-electron chi connectivity index (χ1n) is 50.7. The Morgan fingerprint density at radius 1 is 0.225 bits per heavy atom. The lowest BCUT2D eigenvalue weighted by atomic mass is 9.33. The molecular weight excluding hydrogens is 1560 g/mol. The minimum absolute atomic E-state index is 0.00620. The zero-order chi connectivity index (χ0) is 99.2. The molecule has 0 radical (unpaired) electrons. The summed E-state index contributed by atoms with van der Waals surface area (Å²) in [5.41, 5.74) is 32.0. The molecule has 2 aromatic heterocycles. The maximum atomic E-state index is 10.2. The van der Waals surface area contributed by atoms with Crippen LogP contribution >= 0.6 is 0 Å². The van der Waals surface area contributed by atoms with Crippen molar-refractivity contribution in [3.63, 3.8) is 0 Å². The molecule has 18 rings (SSSR count). The van der Waals surface area contributed by atoms with Crippen LogP contribution in [0, 0.1) is 0 Å². The average Bonchev–Trinajstić information content (AvgIpc) is 1.62. The average molecular weight is 1700 g/mol. The van der Waals surface area contributed by atoms with E-state index < -0.39 is 48.4 Å². The highest BCUT2D eigenvalue weighted by atomic mass is 15.2. The van der Waals surface area contributed by atoms with Crippen molar-refractivity contribution >= 4 is 101 Å². The second-order valence-corrected chi connectivity index (χ2v) is 47.5. The summed E-state index contributed by atoms with van der Waals surface area (Å²) in [6, 6.07) is 83.6. The van der Waals surface area contributed by atoms with Gasteiger partial charge in [-0.25, -0.2) is 0 Å². The quantitative estimate of drug-likeness (QED) is 0.134. The van der Waals surface area contributed by atoms with Gasteiger partial charge in [0, 0.05) is 72.2 Å². The first kappa shape index (κ1) is 78.4. The number of anilines is 6. The van der Waals surface area contributed by atoms with Crippen molar-refractivity contribution in [2.75, 3.05) is 9.80 Å². The van der Waals surface area contributed by atoms with E-state index >= 15 is 0 Å². The number of hydrogen-bond acceptors (Lipinski definition) is 2. The van der Waals surface area contributed by atoms with Gasteiger partial charge in [0.2, 0.25) is 0 Å². The Labute approximate surface area is 783 Å². The molecule has 2 aliphatic heterocycles. The van der Waals surface area contributed by atoms with E-state index in [9.17, 15) is 11.0 Å². The van der Waals surface area contributed by atoms with Crippen LogP contribution in [0.3, 0.4) is 0 Å². The van der Waals surface area contributed by atoms with E-state index in [1.165, 1.54) is 50.1 Å². The summed E-state index contributed by atoms with van der Waals surface area (Å²) in [5, 5.41) is 2.28. The largest absolute Gasteiger partial charge is 0.310 e. The summed E-state index contributed by atoms with van der Waals surface area (Å²) in [6.45, 7) is 68.7. The number of para-hydroxylation sites is 4. The molecule has 0 amide bonds. The predicted octanol–water partition coefficient (Wildman–Crippen LogP) is 33.3. The Hall–Kier alpha value is -11.7. The lowest BCUT2D eigenvalue weighted by molar-refractivity contribution is 0.568. The Morgan fingerprint density at radius 3 is 0.992 bits per heavy atom. The van der Waals surface area contributed by atoms with Gasteiger partial charge in [0.1, 0.15) is 0 Å². The number of hydrogen-bond donors (Lipinski definition) is 0. The molecule has 0 aliphatic carbocycles. The van der Waals surface area contributed by atoms with Gasteiger partial charge in [0.25, 0.3) is 6.71 Å². The molecule has 0 saturated heterocycles. The van der Waals surface area contributed by atoms with Crippen molar-refractivity contribution in [2.24, 2.45) is 0 Å². The first-order valence-corrected chi connectivity index (χ1v) is 46.7. The van der Waals surface area contributed by atoms with Crippen LogP contribution in [0.4, 0.5) is 34.1 Å². The fourth-order valence-electron chi connectivity index (χ4n) is 19.8. The van der Waals surface area contributed by atoms with Crippen LogP contribution in [0.25, 0.3) is 111 Å². The van der Waals surface area contributed by atoms with Gasteiger partial charge in [-0.05, 0) is 226 Å². The number of nitrogens with zero attached hydrogens (tertiary/aromatic N) is 4. The molecule has 14 aromatic carbocycles. The fourth-order valence-corrected chi connectivity index (χ4v) is 19.8. The monoisotopic (exact) mass is 1700 g/mol. The second-order valence-electron chi connectivity index (χ2n) is 47.5. The van der Waals surface area contributed by atoms with Crippen LogP contribution in [0.2, 0.25) is 0 Å². The van der Waals surface area contributed by atoms with Crippen LogP contribution < -0.4 is 26.2 Å². The fraction of sp³-hybridized carbons (Fsp3) is 0.323. The van der Waals surface area contributed by atoms with Crippen LogP contribution in [-0.4, -0.2) is 15.8 Å². The maximum Gasteiger partial charge on any atom is 0.252 e. The number of aromatic nitrogens is 2. The van der Waals surface area contributed by atoms with E-state index in [0.717, 1.165) is 139 Å². The number of benzene rings is 14. The van der Waals surface area contributed by atoms with Gasteiger partial charge in [-0.2, -0.15) is 0 Å². The first-order chi connectivity index (χ1) is 63.6. The minimum Gasteiger partial charge on any atom is -0.310 e. The highest BCUT2D eigenvalue weighted by Crippen LogP contribution is 2.57. The van der Waals surface area contributed by atoms with Crippen LogP contribution in [0.15, 0.2) is 273 Å². The van der Waals surface area contributed by atoms with Crippen LogP contribution in [-0.2, 0) is 54.1 Å². The van der Waals surface area contributed by atoms with E-state index in [2.05, 4.69) is 440 Å². The highest BCUT2D eigenvalue weighted by molar-refractivity contribution is 7.00. The molecule has 0 unspecified atom stereocenters. The molecule has 654 valence electrons. The lowest BCUT2D eigenvalue weighted by Crippen LogP contribution is -2.61. The summed E-state index contributed by atoms with van der Waals surface area (Å²) in [7, 11) is 0. The molecule has 0 saturated carbocycles. The van der Waals surface area contributed by atoms with Crippen molar-refractivity contribution < 1.29 is 11.0 Å². The van der Waals surface area contributed by atoms with Gasteiger partial charge in [-0.15, -0.1) is 0 Å². The van der Waals surface area contributed by atoms with Crippen molar-refractivity contribution in [3.05, 3.63) is 328 Å². The molecular formula is C124H135BN4. The minimum atomic E-state index is -0.591. The second kappa shape index (κ2) is 30.5. The van der Waals surface area contributed by atoms with E-state index in [-0.39, 0.29) is 82.6 Å². The van der Waals surface area contributed by atoms with Crippen molar-refractivity contribution in [1.82, 2.24) is 9.13 Å². The molecule has 0 fully saturated rings. The molecule has 0 atom stereocenters. The summed E-state index contributed by atoms with van der Waals surface area (Å²) >= 11 is 0. The molecule has 0 N–H and O–H groups in total. The topological polar surface area (TPSA) is 16.3 Å². The Kier molecular flexibility index (Phi) is 18.5. The molecule has 4 nitrogen and oxygen atoms in total. The normalized spacial score (nSPS) is 14.6. The molecule has 129 heavy (non-hydrogen) atoms. The Balaban J connectivity index is 1.12. The van der Waals surface area contributed by atoms with Gasteiger partial charge in [-0.3, -0.25) is 0 Å². The van der Waals surface area contributed by atoms with Crippen molar-refractivity contribution in [1.29, 1.82) is 0 Å². The number of fused-ring (bicyclic) bond motifs is 10. The summed E-state index contributed by atoms with van der Waals surface area (Å²) in [4.78, 5) is 5.25. The summed E-state index contributed by atoms with van der Waals surface area (Å²) < 4.78 is 82.3. The van der Waals surface area contributed by atoms with Gasteiger partial charge in [0.15, 0.2) is 0 Å². The van der Waals surface area contributed by atoms with Gasteiger partial charge >= 0.3 is 0 Å². The third-order valence-electron chi connectivity index (χ3n) is 27.7. The molecule has 0 spiro atoms. The summed E-state index contributed by atoms with van der Waals surface area (Å²) in [6.07, 6.45) is 0. The van der Waals surface area contributed by atoms with Gasteiger partial charge in [-0.1, -0.05) is 414 Å². The standard InChI is InChI=1S/C124H135BN4/c1-115(2,3)81-50-45-76(46-51-81)92-39-35-41-94(80-65-88(122(22,23)24)69-89(66-80)123(25,26)27)113(92)128-108-67-78(79-63-86(120(16,17)18)68-87(64-79)121(19,20)21)49-59-102(108)125-103-60-57-90(126-104-43-33-31-37-96(104)97-38-32-34-44-105(97)126)73-109(103)129(111-75-91(74-110(128)112(111)125)127-106-61-55-83(117(7,8)9)70-99(106)100-71-84(118(10,11)12)56-62-107(100)127)114-93(77-47-52-82(53-48-77)116(4,5)6)40-36-42-98(114)95-58-54-85(119(13,14)15)72-101(95)124(28,29)30/h31-75H,1-30H3/i31D,32D,33D,34D,37D,38D,43D,44D. The Bertz CT molecular complexity index is 7480. The van der Waals surface area contributed by atoms with Crippen molar-refractivity contribution in [3.8, 4) is 67.0 Å². The van der Waals surface area contributed by atoms with Gasteiger partial charge in [0.05, 0.1) is 50.1 Å². The molecule has 4 heterocycles. The van der Waals surface area contributed by atoms with E-state index in [1.54, 1.807) is 4.57 Å². The van der Waals surface area contributed by atoms with Gasteiger partial charge < -0.3 is 18.9 Å². The van der Waals surface area contributed by atoms with E-state index in [1.807, 2.05) is 6.07 Å². The maximum absolute atomic E-state index is 10.2. The van der Waals surface area contributed by atoms with E-state index in [4.69, 9.17) is 0 Å². The Morgan fingerprint density at radius 2 is 0.566 bits per heavy atom. The van der Waals surface area contributed by atoms with Crippen LogP contribution in [0.5, 0.6) is 0 Å². The molecule has 5 heteroatoms. The predicted molar refractivity (Wildman–Crippen MR) is 563 cm³/mol. The van der Waals surface area contributed by atoms with Crippen LogP contribution in [0.1, 0.15) is 274 Å². The molecule has 16 aromatic rings. The molecule has 2 aliphatic rings.